The molecule has 0 aliphatic carbocycles. The Kier molecular flexibility index (Phi) is 2.75. The third-order valence-corrected chi connectivity index (χ3v) is 4.71. The third kappa shape index (κ3) is 1.61. The van der Waals surface area contributed by atoms with Crippen LogP contribution in [0.1, 0.15) is 4.88 Å². The van der Waals surface area contributed by atoms with E-state index in [4.69, 9.17) is 9.47 Å². The molecule has 1 aromatic carbocycles. The molecule has 2 heterocycles. The molecule has 2 aromatic rings. The van der Waals surface area contributed by atoms with E-state index >= 15 is 0 Å². The van der Waals surface area contributed by atoms with E-state index in [0.717, 1.165) is 4.88 Å². The van der Waals surface area contributed by atoms with E-state index in [-0.39, 0.29) is 0 Å². The fourth-order valence-electron chi connectivity index (χ4n) is 1.91. The highest BCUT2D eigenvalue weighted by Crippen LogP contribution is 2.39. The van der Waals surface area contributed by atoms with Crippen LogP contribution in [0.15, 0.2) is 30.3 Å². The second-order valence-electron chi connectivity index (χ2n) is 3.73. The Morgan fingerprint density at radius 2 is 2.00 bits per heavy atom. The summed E-state index contributed by atoms with van der Waals surface area (Å²) in [5.41, 5.74) is 0. The molecular formula is C12H11BrO2S. The third-order valence-electron chi connectivity index (χ3n) is 2.73. The van der Waals surface area contributed by atoms with Crippen LogP contribution in [0, 0.1) is 0 Å². The van der Waals surface area contributed by atoms with Crippen LogP contribution in [-0.2, 0) is 15.3 Å². The summed E-state index contributed by atoms with van der Waals surface area (Å²) in [7, 11) is 0. The van der Waals surface area contributed by atoms with E-state index < -0.39 is 5.79 Å². The predicted octanol–water partition coefficient (Wildman–Crippen LogP) is 3.50. The zero-order valence-electron chi connectivity index (χ0n) is 8.61. The second kappa shape index (κ2) is 4.11. The minimum absolute atomic E-state index is 0.566. The van der Waals surface area contributed by atoms with Gasteiger partial charge in [0.15, 0.2) is 0 Å². The number of thiophene rings is 1. The first kappa shape index (κ1) is 10.7. The Hall–Kier alpha value is -0.420. The van der Waals surface area contributed by atoms with Gasteiger partial charge in [0.1, 0.15) is 0 Å². The van der Waals surface area contributed by atoms with Gasteiger partial charge in [-0.05, 0) is 17.5 Å². The number of halogens is 1. The highest BCUT2D eigenvalue weighted by Gasteiger charge is 2.39. The molecule has 1 fully saturated rings. The summed E-state index contributed by atoms with van der Waals surface area (Å²) < 4.78 is 12.8. The monoisotopic (exact) mass is 298 g/mol. The lowest BCUT2D eigenvalue weighted by atomic mass is 10.2. The quantitative estimate of drug-likeness (QED) is 0.790. The molecule has 2 nitrogen and oxygen atoms in total. The highest BCUT2D eigenvalue weighted by atomic mass is 79.9. The normalized spacial score (nSPS) is 19.3. The summed E-state index contributed by atoms with van der Waals surface area (Å²) in [5.74, 6) is -0.566. The average molecular weight is 299 g/mol. The highest BCUT2D eigenvalue weighted by molar-refractivity contribution is 9.09. The van der Waals surface area contributed by atoms with E-state index in [2.05, 4.69) is 46.3 Å². The molecule has 0 radical (unpaired) electrons. The molecule has 84 valence electrons. The first-order valence-corrected chi connectivity index (χ1v) is 7.11. The van der Waals surface area contributed by atoms with E-state index in [9.17, 15) is 0 Å². The summed E-state index contributed by atoms with van der Waals surface area (Å²) in [6.45, 7) is 1.33. The summed E-state index contributed by atoms with van der Waals surface area (Å²) in [6, 6.07) is 10.5. The van der Waals surface area contributed by atoms with Crippen molar-refractivity contribution in [3.8, 4) is 0 Å². The Balaban J connectivity index is 2.10. The fourth-order valence-corrected chi connectivity index (χ4v) is 3.88. The molecule has 1 aromatic heterocycles. The van der Waals surface area contributed by atoms with Crippen molar-refractivity contribution >= 4 is 37.4 Å². The Morgan fingerprint density at radius 1 is 1.25 bits per heavy atom. The van der Waals surface area contributed by atoms with Crippen LogP contribution in [0.3, 0.4) is 0 Å². The molecule has 1 aliphatic heterocycles. The maximum atomic E-state index is 5.75. The van der Waals surface area contributed by atoms with Gasteiger partial charge in [0.25, 0.3) is 0 Å². The number of hydrogen-bond acceptors (Lipinski definition) is 3. The van der Waals surface area contributed by atoms with Crippen LogP contribution in [0.25, 0.3) is 10.1 Å². The van der Waals surface area contributed by atoms with Gasteiger partial charge in [0, 0.05) is 4.70 Å². The number of ether oxygens (including phenoxy) is 2. The summed E-state index contributed by atoms with van der Waals surface area (Å²) in [6.07, 6.45) is 0. The van der Waals surface area contributed by atoms with Crippen LogP contribution in [-0.4, -0.2) is 18.5 Å². The lowest BCUT2D eigenvalue weighted by Crippen LogP contribution is -2.27. The molecule has 0 atom stereocenters. The summed E-state index contributed by atoms with van der Waals surface area (Å²) in [4.78, 5) is 1.14. The first-order chi connectivity index (χ1) is 7.84. The second-order valence-corrected chi connectivity index (χ2v) is 5.38. The Labute approximate surface area is 106 Å². The molecule has 0 saturated carbocycles. The lowest BCUT2D eigenvalue weighted by Gasteiger charge is -2.23. The minimum atomic E-state index is -0.566. The van der Waals surface area contributed by atoms with Crippen LogP contribution in [0.4, 0.5) is 0 Å². The summed E-state index contributed by atoms with van der Waals surface area (Å²) >= 11 is 5.22. The lowest BCUT2D eigenvalue weighted by molar-refractivity contribution is -0.141. The van der Waals surface area contributed by atoms with Crippen LogP contribution >= 0.6 is 27.3 Å². The minimum Gasteiger partial charge on any atom is -0.342 e. The topological polar surface area (TPSA) is 18.5 Å². The summed E-state index contributed by atoms with van der Waals surface area (Å²) in [5, 5.41) is 1.93. The van der Waals surface area contributed by atoms with Crippen LogP contribution in [0.5, 0.6) is 0 Å². The smallest absolute Gasteiger partial charge is 0.214 e. The predicted molar refractivity (Wildman–Crippen MR) is 69.2 cm³/mol. The van der Waals surface area contributed by atoms with Crippen molar-refractivity contribution in [3.63, 3.8) is 0 Å². The standard InChI is InChI=1S/C12H11BrO2S/c13-8-12(14-5-6-15-12)11-7-9-3-1-2-4-10(9)16-11/h1-4,7H,5-6,8H2. The molecular weight excluding hydrogens is 288 g/mol. The Morgan fingerprint density at radius 3 is 2.69 bits per heavy atom. The number of alkyl halides is 1. The zero-order valence-corrected chi connectivity index (χ0v) is 11.0. The van der Waals surface area contributed by atoms with Gasteiger partial charge < -0.3 is 9.47 Å². The van der Waals surface area contributed by atoms with Gasteiger partial charge >= 0.3 is 0 Å². The number of benzene rings is 1. The van der Waals surface area contributed by atoms with E-state index in [1.54, 1.807) is 11.3 Å². The number of hydrogen-bond donors (Lipinski definition) is 0. The molecule has 0 amide bonds. The number of rotatable bonds is 2. The van der Waals surface area contributed by atoms with Gasteiger partial charge in [0.05, 0.1) is 23.4 Å². The van der Waals surface area contributed by atoms with Gasteiger partial charge in [-0.15, -0.1) is 11.3 Å². The molecule has 0 bridgehead atoms. The largest absolute Gasteiger partial charge is 0.342 e. The van der Waals surface area contributed by atoms with Gasteiger partial charge in [-0.25, -0.2) is 0 Å². The molecule has 1 saturated heterocycles. The molecule has 0 N–H and O–H groups in total. The molecule has 16 heavy (non-hydrogen) atoms. The van der Waals surface area contributed by atoms with Crippen molar-refractivity contribution in [1.82, 2.24) is 0 Å². The van der Waals surface area contributed by atoms with Crippen molar-refractivity contribution in [3.05, 3.63) is 35.2 Å². The number of fused-ring (bicyclic) bond motifs is 1. The maximum absolute atomic E-state index is 5.75. The van der Waals surface area contributed by atoms with Gasteiger partial charge in [-0.1, -0.05) is 34.1 Å². The van der Waals surface area contributed by atoms with Gasteiger partial charge in [0.2, 0.25) is 5.79 Å². The van der Waals surface area contributed by atoms with Crippen molar-refractivity contribution in [1.29, 1.82) is 0 Å². The Bertz CT molecular complexity index is 469. The van der Waals surface area contributed by atoms with Crippen LogP contribution < -0.4 is 0 Å². The molecule has 1 aliphatic rings. The van der Waals surface area contributed by atoms with Crippen molar-refractivity contribution < 1.29 is 9.47 Å². The van der Waals surface area contributed by atoms with Crippen molar-refractivity contribution in [2.45, 2.75) is 5.79 Å². The molecule has 4 heteroatoms. The van der Waals surface area contributed by atoms with Gasteiger partial charge in [-0.3, -0.25) is 0 Å². The van der Waals surface area contributed by atoms with E-state index in [1.165, 1.54) is 10.1 Å². The average Bonchev–Trinajstić information content (AvgIpc) is 2.96. The molecule has 0 spiro atoms. The van der Waals surface area contributed by atoms with Crippen molar-refractivity contribution in [2.75, 3.05) is 18.5 Å². The first-order valence-electron chi connectivity index (χ1n) is 5.17. The zero-order chi connectivity index (χ0) is 11.0. The van der Waals surface area contributed by atoms with E-state index in [0.29, 0.717) is 18.5 Å². The molecule has 0 unspecified atom stereocenters. The van der Waals surface area contributed by atoms with Crippen molar-refractivity contribution in [2.24, 2.45) is 0 Å². The fraction of sp³-hybridized carbons (Fsp3) is 0.333. The van der Waals surface area contributed by atoms with Gasteiger partial charge in [-0.2, -0.15) is 0 Å². The maximum Gasteiger partial charge on any atom is 0.214 e. The van der Waals surface area contributed by atoms with E-state index in [1.807, 2.05) is 0 Å². The molecule has 3 rings (SSSR count). The van der Waals surface area contributed by atoms with Crippen LogP contribution in [0.2, 0.25) is 0 Å². The SMILES string of the molecule is BrCC1(c2cc3ccccc3s2)OCCO1.